The molecule has 8 nitrogen and oxygen atoms in total. The lowest BCUT2D eigenvalue weighted by atomic mass is 10.3. The van der Waals surface area contributed by atoms with Crippen LogP contribution in [0.5, 0.6) is 5.75 Å². The molecule has 28 heavy (non-hydrogen) atoms. The van der Waals surface area contributed by atoms with Gasteiger partial charge in [0.1, 0.15) is 23.2 Å². The molecule has 0 unspecified atom stereocenters. The van der Waals surface area contributed by atoms with Crippen LogP contribution in [0.1, 0.15) is 5.82 Å². The summed E-state index contributed by atoms with van der Waals surface area (Å²) >= 11 is 6.00. The molecule has 0 spiro atoms. The third-order valence-electron chi connectivity index (χ3n) is 3.85. The third-order valence-corrected chi connectivity index (χ3v) is 5.60. The Bertz CT molecular complexity index is 1060. The topological polar surface area (TPSA) is 98.1 Å². The summed E-state index contributed by atoms with van der Waals surface area (Å²) in [4.78, 5) is 8.78. The fourth-order valence-corrected chi connectivity index (χ4v) is 3.92. The molecule has 10 heteroatoms. The second-order valence-electron chi connectivity index (χ2n) is 5.87. The Morgan fingerprint density at radius 2 is 1.89 bits per heavy atom. The second kappa shape index (κ2) is 8.59. The maximum atomic E-state index is 12.4. The quantitative estimate of drug-likeness (QED) is 0.542. The van der Waals surface area contributed by atoms with E-state index in [1.165, 1.54) is 25.3 Å². The van der Waals surface area contributed by atoms with Gasteiger partial charge in [0.15, 0.2) is 0 Å². The van der Waals surface area contributed by atoms with Gasteiger partial charge in [-0.2, -0.15) is 0 Å². The Morgan fingerprint density at radius 1 is 1.14 bits per heavy atom. The number of benzene rings is 1. The zero-order chi connectivity index (χ0) is 20.1. The lowest BCUT2D eigenvalue weighted by molar-refractivity contribution is 0.414. The summed E-state index contributed by atoms with van der Waals surface area (Å²) in [5.74, 6) is 2.37. The van der Waals surface area contributed by atoms with Crippen LogP contribution in [0, 0.1) is 6.92 Å². The highest BCUT2D eigenvalue weighted by Gasteiger charge is 2.15. The van der Waals surface area contributed by atoms with Gasteiger partial charge in [0.05, 0.1) is 17.0 Å². The molecule has 3 rings (SSSR count). The number of anilines is 1. The fourth-order valence-electron chi connectivity index (χ4n) is 2.54. The molecule has 0 saturated carbocycles. The average molecular weight is 422 g/mol. The van der Waals surface area contributed by atoms with Crippen molar-refractivity contribution in [1.29, 1.82) is 0 Å². The van der Waals surface area contributed by atoms with Gasteiger partial charge in [0.25, 0.3) is 0 Å². The maximum Gasteiger partial charge on any atom is 0.240 e. The molecule has 2 N–H and O–H groups in total. The molecule has 3 aromatic rings. The molecule has 0 atom stereocenters. The molecule has 0 radical (unpaired) electrons. The molecular weight excluding hydrogens is 402 g/mol. The Hall–Kier alpha value is -2.62. The smallest absolute Gasteiger partial charge is 0.240 e. The van der Waals surface area contributed by atoms with E-state index in [0.717, 1.165) is 5.82 Å². The number of nitrogens with one attached hydrogen (secondary N) is 2. The summed E-state index contributed by atoms with van der Waals surface area (Å²) in [5, 5.41) is 3.34. The Morgan fingerprint density at radius 3 is 2.57 bits per heavy atom. The highest BCUT2D eigenvalue weighted by atomic mass is 35.5. The fraction of sp³-hybridized carbons (Fsp3) is 0.222. The number of hydrogen-bond acceptors (Lipinski definition) is 6. The molecule has 0 aliphatic carbocycles. The molecule has 0 aliphatic heterocycles. The van der Waals surface area contributed by atoms with Gasteiger partial charge in [-0.05, 0) is 37.3 Å². The number of halogens is 1. The molecule has 1 aromatic carbocycles. The summed E-state index contributed by atoms with van der Waals surface area (Å²) in [6.07, 6.45) is 3.78. The van der Waals surface area contributed by atoms with Crippen LogP contribution in [-0.4, -0.2) is 43.2 Å². The normalized spacial score (nSPS) is 11.4. The first-order chi connectivity index (χ1) is 13.4. The van der Waals surface area contributed by atoms with E-state index in [1.54, 1.807) is 13.0 Å². The van der Waals surface area contributed by atoms with Crippen LogP contribution >= 0.6 is 11.6 Å². The molecule has 0 fully saturated rings. The number of methoxy groups -OCH3 is 1. The number of ether oxygens (including phenoxy) is 1. The minimum absolute atomic E-state index is 0.0751. The first kappa shape index (κ1) is 20.1. The van der Waals surface area contributed by atoms with Crippen molar-refractivity contribution in [3.05, 3.63) is 59.6 Å². The Labute approximate surface area is 168 Å². The lowest BCUT2D eigenvalue weighted by Gasteiger charge is -2.11. The van der Waals surface area contributed by atoms with E-state index in [-0.39, 0.29) is 16.5 Å². The summed E-state index contributed by atoms with van der Waals surface area (Å²) in [6, 6.07) is 9.92. The second-order valence-corrected chi connectivity index (χ2v) is 8.04. The van der Waals surface area contributed by atoms with E-state index in [1.807, 2.05) is 29.1 Å². The van der Waals surface area contributed by atoms with Crippen LogP contribution < -0.4 is 14.8 Å². The maximum absolute atomic E-state index is 12.4. The van der Waals surface area contributed by atoms with Crippen molar-refractivity contribution in [3.8, 4) is 11.6 Å². The first-order valence-electron chi connectivity index (χ1n) is 8.45. The average Bonchev–Trinajstić information content (AvgIpc) is 3.19. The lowest BCUT2D eigenvalue weighted by Crippen LogP contribution is -2.29. The number of rotatable bonds is 8. The highest BCUT2D eigenvalue weighted by Crippen LogP contribution is 2.26. The summed E-state index contributed by atoms with van der Waals surface area (Å²) in [6.45, 7) is 2.33. The van der Waals surface area contributed by atoms with Crippen LogP contribution in [0.3, 0.4) is 0 Å². The molecule has 0 aliphatic rings. The Balaban J connectivity index is 1.60. The van der Waals surface area contributed by atoms with E-state index in [2.05, 4.69) is 20.0 Å². The van der Waals surface area contributed by atoms with E-state index in [4.69, 9.17) is 16.3 Å². The van der Waals surface area contributed by atoms with Gasteiger partial charge in [-0.15, -0.1) is 0 Å². The number of hydrogen-bond donors (Lipinski definition) is 2. The SMILES string of the molecule is COc1ccc(S(=O)(=O)NCCNc2cc(-n3cccc3)nc(C)n2)cc1Cl. The van der Waals surface area contributed by atoms with Gasteiger partial charge < -0.3 is 14.6 Å². The zero-order valence-electron chi connectivity index (χ0n) is 15.4. The third kappa shape index (κ3) is 4.80. The van der Waals surface area contributed by atoms with Gasteiger partial charge in [0, 0.05) is 31.5 Å². The number of aryl methyl sites for hydroxylation is 1. The predicted molar refractivity (Wildman–Crippen MR) is 108 cm³/mol. The minimum Gasteiger partial charge on any atom is -0.495 e. The van der Waals surface area contributed by atoms with Crippen LogP contribution in [0.4, 0.5) is 5.82 Å². The minimum atomic E-state index is -3.68. The molecule has 2 heterocycles. The summed E-state index contributed by atoms with van der Waals surface area (Å²) in [7, 11) is -2.21. The van der Waals surface area contributed by atoms with Crippen molar-refractivity contribution in [1.82, 2.24) is 19.3 Å². The van der Waals surface area contributed by atoms with Crippen molar-refractivity contribution in [2.75, 3.05) is 25.5 Å². The number of sulfonamides is 1. The monoisotopic (exact) mass is 421 g/mol. The van der Waals surface area contributed by atoms with E-state index in [9.17, 15) is 8.42 Å². The summed E-state index contributed by atoms with van der Waals surface area (Å²) in [5.41, 5.74) is 0. The van der Waals surface area contributed by atoms with Gasteiger partial charge in [-0.3, -0.25) is 0 Å². The van der Waals surface area contributed by atoms with Crippen LogP contribution in [-0.2, 0) is 10.0 Å². The van der Waals surface area contributed by atoms with Gasteiger partial charge in [-0.25, -0.2) is 23.1 Å². The molecular formula is C18H20ClN5O3S. The molecule has 0 amide bonds. The first-order valence-corrected chi connectivity index (χ1v) is 10.3. The van der Waals surface area contributed by atoms with Crippen molar-refractivity contribution in [2.45, 2.75) is 11.8 Å². The molecule has 0 bridgehead atoms. The standard InChI is InChI=1S/C18H20ClN5O3S/c1-13-22-17(12-18(23-13)24-9-3-4-10-24)20-7-8-21-28(25,26)14-5-6-16(27-2)15(19)11-14/h3-6,9-12,21H,7-8H2,1-2H3,(H,20,22,23). The van der Waals surface area contributed by atoms with Crippen molar-refractivity contribution in [3.63, 3.8) is 0 Å². The van der Waals surface area contributed by atoms with Crippen LogP contribution in [0.2, 0.25) is 5.02 Å². The van der Waals surface area contributed by atoms with Crippen molar-refractivity contribution in [2.24, 2.45) is 0 Å². The predicted octanol–water partition coefficient (Wildman–Crippen LogP) is 2.63. The zero-order valence-corrected chi connectivity index (χ0v) is 17.0. The van der Waals surface area contributed by atoms with Crippen molar-refractivity contribution >= 4 is 27.4 Å². The molecule has 148 valence electrons. The molecule has 0 saturated heterocycles. The van der Waals surface area contributed by atoms with Crippen LogP contribution in [0.15, 0.2) is 53.7 Å². The number of aromatic nitrogens is 3. The van der Waals surface area contributed by atoms with Gasteiger partial charge in [-0.1, -0.05) is 11.6 Å². The van der Waals surface area contributed by atoms with E-state index in [0.29, 0.717) is 23.9 Å². The largest absolute Gasteiger partial charge is 0.495 e. The van der Waals surface area contributed by atoms with Gasteiger partial charge in [0.2, 0.25) is 10.0 Å². The van der Waals surface area contributed by atoms with Crippen molar-refractivity contribution < 1.29 is 13.2 Å². The summed E-state index contributed by atoms with van der Waals surface area (Å²) < 4.78 is 34.2. The number of nitrogens with zero attached hydrogens (tertiary/aromatic N) is 3. The van der Waals surface area contributed by atoms with Crippen LogP contribution in [0.25, 0.3) is 5.82 Å². The highest BCUT2D eigenvalue weighted by molar-refractivity contribution is 7.89. The van der Waals surface area contributed by atoms with Gasteiger partial charge >= 0.3 is 0 Å². The Kier molecular flexibility index (Phi) is 6.18. The molecule has 2 aromatic heterocycles. The van der Waals surface area contributed by atoms with E-state index < -0.39 is 10.0 Å². The van der Waals surface area contributed by atoms with E-state index >= 15 is 0 Å².